The van der Waals surface area contributed by atoms with Crippen molar-refractivity contribution in [1.82, 2.24) is 0 Å². The number of hydrogen-bond donors (Lipinski definition) is 2. The minimum Gasteiger partial charge on any atom is -0.373 e. The van der Waals surface area contributed by atoms with Crippen LogP contribution >= 0.6 is 0 Å². The summed E-state index contributed by atoms with van der Waals surface area (Å²) in [6.07, 6.45) is 0.314. The monoisotopic (exact) mass is 258 g/mol. The second-order valence-corrected chi connectivity index (χ2v) is 4.28. The molecule has 0 saturated heterocycles. The molecule has 5 heteroatoms. The largest absolute Gasteiger partial charge is 0.373 e. The lowest BCUT2D eigenvalue weighted by Crippen LogP contribution is -2.13. The average Bonchev–Trinajstić information content (AvgIpc) is 2.38. The van der Waals surface area contributed by atoms with Crippen molar-refractivity contribution in [3.63, 3.8) is 0 Å². The van der Waals surface area contributed by atoms with Crippen molar-refractivity contribution in [3.8, 4) is 0 Å². The standard InChI is InChI=1S/C14H14N2O3/c15-13(17)7-9-4-5-12-10(6-9)2-1-3-11(12)8-14(18)19-16/h1-6H,7-8,16H2,(H2,15,17). The highest BCUT2D eigenvalue weighted by Gasteiger charge is 2.08. The fraction of sp³-hybridized carbons (Fsp3) is 0.143. The number of fused-ring (bicyclic) bond motifs is 1. The van der Waals surface area contributed by atoms with Crippen molar-refractivity contribution in [3.05, 3.63) is 47.5 Å². The number of amides is 1. The zero-order chi connectivity index (χ0) is 13.8. The number of nitrogens with two attached hydrogens (primary N) is 2. The van der Waals surface area contributed by atoms with Crippen molar-refractivity contribution in [2.45, 2.75) is 12.8 Å². The molecule has 0 atom stereocenters. The third-order valence-corrected chi connectivity index (χ3v) is 2.88. The molecule has 98 valence electrons. The lowest BCUT2D eigenvalue weighted by Gasteiger charge is -2.07. The van der Waals surface area contributed by atoms with E-state index in [9.17, 15) is 9.59 Å². The molecule has 1 amide bonds. The number of primary amides is 1. The van der Waals surface area contributed by atoms with Crippen molar-refractivity contribution in [2.75, 3.05) is 0 Å². The molecule has 0 spiro atoms. The lowest BCUT2D eigenvalue weighted by atomic mass is 9.99. The van der Waals surface area contributed by atoms with Crippen LogP contribution < -0.4 is 11.6 Å². The second-order valence-electron chi connectivity index (χ2n) is 4.28. The van der Waals surface area contributed by atoms with Gasteiger partial charge >= 0.3 is 5.97 Å². The normalized spacial score (nSPS) is 10.4. The predicted molar refractivity (Wildman–Crippen MR) is 70.8 cm³/mol. The number of hydrogen-bond acceptors (Lipinski definition) is 4. The average molecular weight is 258 g/mol. The number of carbonyl (C=O) groups excluding carboxylic acids is 2. The van der Waals surface area contributed by atoms with Crippen LogP contribution in [0.2, 0.25) is 0 Å². The SMILES string of the molecule is NOC(=O)Cc1cccc2cc(CC(N)=O)ccc12. The second kappa shape index (κ2) is 5.49. The van der Waals surface area contributed by atoms with Crippen LogP contribution in [0.15, 0.2) is 36.4 Å². The van der Waals surface area contributed by atoms with E-state index in [-0.39, 0.29) is 18.7 Å². The molecule has 0 aliphatic heterocycles. The van der Waals surface area contributed by atoms with Crippen molar-refractivity contribution in [2.24, 2.45) is 11.6 Å². The van der Waals surface area contributed by atoms with Crippen LogP contribution in [0.4, 0.5) is 0 Å². The highest BCUT2D eigenvalue weighted by molar-refractivity contribution is 5.90. The molecule has 2 aromatic carbocycles. The maximum Gasteiger partial charge on any atom is 0.328 e. The summed E-state index contributed by atoms with van der Waals surface area (Å²) in [5.41, 5.74) is 6.85. The minimum atomic E-state index is -0.492. The van der Waals surface area contributed by atoms with Gasteiger partial charge in [-0.05, 0) is 21.9 Å². The zero-order valence-corrected chi connectivity index (χ0v) is 10.3. The van der Waals surface area contributed by atoms with E-state index in [0.29, 0.717) is 0 Å². The van der Waals surface area contributed by atoms with Crippen LogP contribution in [0.5, 0.6) is 0 Å². The van der Waals surface area contributed by atoms with Crippen LogP contribution in [-0.2, 0) is 27.3 Å². The van der Waals surface area contributed by atoms with Crippen molar-refractivity contribution >= 4 is 22.6 Å². The van der Waals surface area contributed by atoms with E-state index < -0.39 is 5.97 Å². The summed E-state index contributed by atoms with van der Waals surface area (Å²) in [5.74, 6) is 3.98. The van der Waals surface area contributed by atoms with Crippen LogP contribution in [0.25, 0.3) is 10.8 Å². The van der Waals surface area contributed by atoms with Gasteiger partial charge in [0.05, 0.1) is 12.8 Å². The summed E-state index contributed by atoms with van der Waals surface area (Å²) < 4.78 is 0. The summed E-state index contributed by atoms with van der Waals surface area (Å²) in [7, 11) is 0. The first-order valence-electron chi connectivity index (χ1n) is 5.78. The van der Waals surface area contributed by atoms with Gasteiger partial charge < -0.3 is 10.6 Å². The molecule has 0 saturated carbocycles. The molecule has 0 fully saturated rings. The van der Waals surface area contributed by atoms with E-state index >= 15 is 0 Å². The van der Waals surface area contributed by atoms with E-state index in [2.05, 4.69) is 4.84 Å². The van der Waals surface area contributed by atoms with Gasteiger partial charge in [-0.25, -0.2) is 0 Å². The van der Waals surface area contributed by atoms with E-state index in [1.54, 1.807) is 0 Å². The van der Waals surface area contributed by atoms with Gasteiger partial charge in [0.2, 0.25) is 5.91 Å². The molecular formula is C14H14N2O3. The van der Waals surface area contributed by atoms with Gasteiger partial charge in [-0.1, -0.05) is 36.4 Å². The highest BCUT2D eigenvalue weighted by Crippen LogP contribution is 2.21. The summed E-state index contributed by atoms with van der Waals surface area (Å²) in [6, 6.07) is 11.2. The molecule has 2 rings (SSSR count). The van der Waals surface area contributed by atoms with Gasteiger partial charge in [0.1, 0.15) is 0 Å². The van der Waals surface area contributed by atoms with Crippen LogP contribution in [0, 0.1) is 0 Å². The maximum atomic E-state index is 11.2. The minimum absolute atomic E-state index is 0.114. The van der Waals surface area contributed by atoms with E-state index in [1.165, 1.54) is 0 Å². The summed E-state index contributed by atoms with van der Waals surface area (Å²) >= 11 is 0. The van der Waals surface area contributed by atoms with E-state index in [1.807, 2.05) is 36.4 Å². The molecule has 2 aromatic rings. The van der Waals surface area contributed by atoms with Gasteiger partial charge in [-0.2, -0.15) is 5.90 Å². The summed E-state index contributed by atoms with van der Waals surface area (Å²) in [6.45, 7) is 0. The fourth-order valence-electron chi connectivity index (χ4n) is 2.06. The van der Waals surface area contributed by atoms with Gasteiger partial charge in [-0.15, -0.1) is 0 Å². The van der Waals surface area contributed by atoms with Gasteiger partial charge in [0, 0.05) is 0 Å². The Bertz CT molecular complexity index is 638. The van der Waals surface area contributed by atoms with Gasteiger partial charge in [-0.3, -0.25) is 9.59 Å². The summed E-state index contributed by atoms with van der Waals surface area (Å²) in [4.78, 5) is 26.3. The number of carbonyl (C=O) groups is 2. The zero-order valence-electron chi connectivity index (χ0n) is 10.3. The smallest absolute Gasteiger partial charge is 0.328 e. The van der Waals surface area contributed by atoms with Crippen LogP contribution in [0.1, 0.15) is 11.1 Å². The lowest BCUT2D eigenvalue weighted by molar-refractivity contribution is -0.143. The third-order valence-electron chi connectivity index (χ3n) is 2.88. The Morgan fingerprint density at radius 2 is 1.89 bits per heavy atom. The molecular weight excluding hydrogens is 244 g/mol. The van der Waals surface area contributed by atoms with Crippen LogP contribution in [-0.4, -0.2) is 11.9 Å². The molecule has 4 N–H and O–H groups in total. The maximum absolute atomic E-state index is 11.2. The van der Waals surface area contributed by atoms with Gasteiger partial charge in [0.25, 0.3) is 0 Å². The summed E-state index contributed by atoms with van der Waals surface area (Å²) in [5, 5.41) is 1.88. The van der Waals surface area contributed by atoms with Crippen LogP contribution in [0.3, 0.4) is 0 Å². The van der Waals surface area contributed by atoms with E-state index in [0.717, 1.165) is 21.9 Å². The van der Waals surface area contributed by atoms with E-state index in [4.69, 9.17) is 11.6 Å². The Kier molecular flexibility index (Phi) is 3.77. The Labute approximate surface area is 110 Å². The Balaban J connectivity index is 2.40. The first kappa shape index (κ1) is 13.0. The molecule has 0 aliphatic carbocycles. The topological polar surface area (TPSA) is 95.4 Å². The van der Waals surface area contributed by atoms with Gasteiger partial charge in [0.15, 0.2) is 0 Å². The number of benzene rings is 2. The quantitative estimate of drug-likeness (QED) is 0.794. The molecule has 0 aromatic heterocycles. The molecule has 0 unspecified atom stereocenters. The molecule has 19 heavy (non-hydrogen) atoms. The predicted octanol–water partition coefficient (Wildman–Crippen LogP) is 0.827. The molecule has 0 aliphatic rings. The molecule has 0 bridgehead atoms. The first-order chi connectivity index (χ1) is 9.10. The Hall–Kier alpha value is -2.40. The first-order valence-corrected chi connectivity index (χ1v) is 5.78. The third kappa shape index (κ3) is 3.08. The highest BCUT2D eigenvalue weighted by atomic mass is 16.7. The fourth-order valence-corrected chi connectivity index (χ4v) is 2.06. The van der Waals surface area contributed by atoms with Crippen molar-refractivity contribution in [1.29, 1.82) is 0 Å². The number of rotatable bonds is 4. The molecule has 5 nitrogen and oxygen atoms in total. The Morgan fingerprint density at radius 1 is 1.11 bits per heavy atom. The van der Waals surface area contributed by atoms with Crippen molar-refractivity contribution < 1.29 is 14.4 Å². The Morgan fingerprint density at radius 3 is 2.58 bits per heavy atom. The molecule has 0 radical (unpaired) electrons. The molecule has 0 heterocycles.